The van der Waals surface area contributed by atoms with Gasteiger partial charge in [0, 0.05) is 30.2 Å². The van der Waals surface area contributed by atoms with Crippen molar-refractivity contribution in [1.29, 1.82) is 0 Å². The number of amides is 1. The number of rotatable bonds is 10. The van der Waals surface area contributed by atoms with Gasteiger partial charge >= 0.3 is 5.69 Å². The van der Waals surface area contributed by atoms with E-state index in [9.17, 15) is 9.59 Å². The van der Waals surface area contributed by atoms with E-state index in [2.05, 4.69) is 15.3 Å². The van der Waals surface area contributed by atoms with E-state index < -0.39 is 0 Å². The highest BCUT2D eigenvalue weighted by Crippen LogP contribution is 2.29. The molecule has 2 heterocycles. The number of carbonyl (C=O) groups excluding carboxylic acids is 1. The molecule has 0 atom stereocenters. The standard InChI is InChI=1S/C26H30N4O4S/c1-33-22-10-9-18(14-23(22)34-2)11-13-28-24(31)17-35-25-20-7-3-4-8-21(20)30(26(32)29-25)16-19-6-5-12-27-15-19/h5-6,9-10,12,14-15H,3-4,7-8,11,13,16-17H2,1-2H3,(H,28,31). The third kappa shape index (κ3) is 6.22. The summed E-state index contributed by atoms with van der Waals surface area (Å²) >= 11 is 1.34. The summed E-state index contributed by atoms with van der Waals surface area (Å²) < 4.78 is 12.4. The molecule has 0 spiro atoms. The van der Waals surface area contributed by atoms with Crippen LogP contribution < -0.4 is 20.5 Å². The average molecular weight is 495 g/mol. The van der Waals surface area contributed by atoms with Crippen molar-refractivity contribution in [2.45, 2.75) is 43.7 Å². The Bertz CT molecular complexity index is 1230. The van der Waals surface area contributed by atoms with Crippen LogP contribution in [-0.4, -0.2) is 47.0 Å². The van der Waals surface area contributed by atoms with E-state index in [4.69, 9.17) is 9.47 Å². The first-order valence-corrected chi connectivity index (χ1v) is 12.7. The minimum absolute atomic E-state index is 0.0821. The van der Waals surface area contributed by atoms with Gasteiger partial charge < -0.3 is 14.8 Å². The third-order valence-corrected chi connectivity index (χ3v) is 7.06. The first kappa shape index (κ1) is 24.8. The van der Waals surface area contributed by atoms with Crippen LogP contribution >= 0.6 is 11.8 Å². The van der Waals surface area contributed by atoms with Gasteiger partial charge in [0.05, 0.1) is 26.5 Å². The molecule has 1 aliphatic carbocycles. The number of carbonyl (C=O) groups is 1. The lowest BCUT2D eigenvalue weighted by atomic mass is 9.97. The fourth-order valence-electron chi connectivity index (χ4n) is 4.27. The molecular formula is C26H30N4O4S. The van der Waals surface area contributed by atoms with E-state index in [-0.39, 0.29) is 17.3 Å². The zero-order valence-electron chi connectivity index (χ0n) is 20.1. The highest BCUT2D eigenvalue weighted by molar-refractivity contribution is 7.99. The van der Waals surface area contributed by atoms with Crippen molar-refractivity contribution in [3.05, 3.63) is 75.6 Å². The minimum Gasteiger partial charge on any atom is -0.493 e. The molecule has 1 N–H and O–H groups in total. The number of methoxy groups -OCH3 is 2. The zero-order chi connectivity index (χ0) is 24.6. The predicted molar refractivity (Wildman–Crippen MR) is 135 cm³/mol. The summed E-state index contributed by atoms with van der Waals surface area (Å²) in [6, 6.07) is 9.56. The monoisotopic (exact) mass is 494 g/mol. The number of benzene rings is 1. The summed E-state index contributed by atoms with van der Waals surface area (Å²) in [5, 5.41) is 3.64. The fourth-order valence-corrected chi connectivity index (χ4v) is 5.18. The SMILES string of the molecule is COc1ccc(CCNC(=O)CSc2nc(=O)n(Cc3cccnc3)c3c2CCCC3)cc1OC. The van der Waals surface area contributed by atoms with Gasteiger partial charge in [-0.15, -0.1) is 0 Å². The summed E-state index contributed by atoms with van der Waals surface area (Å²) in [7, 11) is 3.20. The number of hydrogen-bond donors (Lipinski definition) is 1. The number of fused-ring (bicyclic) bond motifs is 1. The number of ether oxygens (including phenoxy) is 2. The van der Waals surface area contributed by atoms with Crippen LogP contribution in [0.5, 0.6) is 11.5 Å². The van der Waals surface area contributed by atoms with E-state index in [1.807, 2.05) is 30.3 Å². The van der Waals surface area contributed by atoms with Crippen molar-refractivity contribution in [2.75, 3.05) is 26.5 Å². The second-order valence-electron chi connectivity index (χ2n) is 8.36. The first-order valence-electron chi connectivity index (χ1n) is 11.7. The number of nitrogens with zero attached hydrogens (tertiary/aromatic N) is 3. The van der Waals surface area contributed by atoms with Gasteiger partial charge in [0.2, 0.25) is 5.91 Å². The second-order valence-corrected chi connectivity index (χ2v) is 9.32. The predicted octanol–water partition coefficient (Wildman–Crippen LogP) is 3.03. The van der Waals surface area contributed by atoms with E-state index in [1.165, 1.54) is 11.8 Å². The average Bonchev–Trinajstić information content (AvgIpc) is 2.89. The molecule has 2 aromatic heterocycles. The van der Waals surface area contributed by atoms with Crippen LogP contribution in [0.1, 0.15) is 35.2 Å². The maximum absolute atomic E-state index is 12.9. The van der Waals surface area contributed by atoms with E-state index in [0.29, 0.717) is 36.0 Å². The number of aromatic nitrogens is 3. The van der Waals surface area contributed by atoms with Gasteiger partial charge in [0.1, 0.15) is 5.03 Å². The minimum atomic E-state index is -0.272. The highest BCUT2D eigenvalue weighted by atomic mass is 32.2. The quantitative estimate of drug-likeness (QED) is 0.342. The van der Waals surface area contributed by atoms with Crippen LogP contribution in [0.2, 0.25) is 0 Å². The molecule has 8 nitrogen and oxygen atoms in total. The largest absolute Gasteiger partial charge is 0.493 e. The molecule has 0 saturated carbocycles. The summed E-state index contributed by atoms with van der Waals surface area (Å²) in [6.07, 6.45) is 8.00. The molecule has 0 radical (unpaired) electrons. The Kier molecular flexibility index (Phi) is 8.41. The maximum Gasteiger partial charge on any atom is 0.349 e. The Hall–Kier alpha value is -3.33. The zero-order valence-corrected chi connectivity index (χ0v) is 20.9. The molecule has 184 valence electrons. The fraction of sp³-hybridized carbons (Fsp3) is 0.385. The Balaban J connectivity index is 1.37. The van der Waals surface area contributed by atoms with Crippen molar-refractivity contribution < 1.29 is 14.3 Å². The van der Waals surface area contributed by atoms with Crippen LogP contribution in [0.25, 0.3) is 0 Å². The third-order valence-electron chi connectivity index (χ3n) is 6.04. The summed E-state index contributed by atoms with van der Waals surface area (Å²) in [5.41, 5.74) is 3.88. The molecule has 3 aromatic rings. The number of pyridine rings is 1. The topological polar surface area (TPSA) is 95.3 Å². The summed E-state index contributed by atoms with van der Waals surface area (Å²) in [5.74, 6) is 1.48. The number of nitrogens with one attached hydrogen (secondary N) is 1. The van der Waals surface area contributed by atoms with Crippen LogP contribution in [0, 0.1) is 0 Å². The Labute approximate surface area is 209 Å². The van der Waals surface area contributed by atoms with Gasteiger partial charge in [-0.25, -0.2) is 4.79 Å². The Morgan fingerprint density at radius 2 is 1.94 bits per heavy atom. The van der Waals surface area contributed by atoms with Gasteiger partial charge in [-0.3, -0.25) is 14.3 Å². The van der Waals surface area contributed by atoms with Crippen LogP contribution in [0.4, 0.5) is 0 Å². The molecule has 0 fully saturated rings. The van der Waals surface area contributed by atoms with Gasteiger partial charge in [0.15, 0.2) is 11.5 Å². The Morgan fingerprint density at radius 3 is 2.71 bits per heavy atom. The molecule has 1 amide bonds. The smallest absolute Gasteiger partial charge is 0.349 e. The molecule has 1 aromatic carbocycles. The first-order chi connectivity index (χ1) is 17.1. The molecule has 0 aliphatic heterocycles. The molecule has 4 rings (SSSR count). The van der Waals surface area contributed by atoms with Crippen molar-refractivity contribution in [1.82, 2.24) is 19.9 Å². The van der Waals surface area contributed by atoms with Gasteiger partial charge in [-0.1, -0.05) is 23.9 Å². The van der Waals surface area contributed by atoms with Crippen molar-refractivity contribution in [3.63, 3.8) is 0 Å². The number of thioether (sulfide) groups is 1. The summed E-state index contributed by atoms with van der Waals surface area (Å²) in [6.45, 7) is 0.969. The lowest BCUT2D eigenvalue weighted by molar-refractivity contribution is -0.118. The number of hydrogen-bond acceptors (Lipinski definition) is 7. The summed E-state index contributed by atoms with van der Waals surface area (Å²) in [4.78, 5) is 33.9. The molecule has 0 unspecified atom stereocenters. The molecular weight excluding hydrogens is 464 g/mol. The van der Waals surface area contributed by atoms with Gasteiger partial charge in [0.25, 0.3) is 0 Å². The van der Waals surface area contributed by atoms with Crippen LogP contribution in [0.3, 0.4) is 0 Å². The lowest BCUT2D eigenvalue weighted by Crippen LogP contribution is -2.31. The lowest BCUT2D eigenvalue weighted by Gasteiger charge is -2.22. The highest BCUT2D eigenvalue weighted by Gasteiger charge is 2.21. The molecule has 1 aliphatic rings. The van der Waals surface area contributed by atoms with Crippen molar-refractivity contribution in [2.24, 2.45) is 0 Å². The van der Waals surface area contributed by atoms with Crippen molar-refractivity contribution in [3.8, 4) is 11.5 Å². The normalized spacial score (nSPS) is 12.6. The van der Waals surface area contributed by atoms with Crippen molar-refractivity contribution >= 4 is 17.7 Å². The maximum atomic E-state index is 12.9. The molecule has 0 saturated heterocycles. The van der Waals surface area contributed by atoms with E-state index in [1.54, 1.807) is 31.2 Å². The molecule has 35 heavy (non-hydrogen) atoms. The Morgan fingerprint density at radius 1 is 1.11 bits per heavy atom. The molecule has 9 heteroatoms. The second kappa shape index (κ2) is 11.9. The van der Waals surface area contributed by atoms with E-state index in [0.717, 1.165) is 48.1 Å². The van der Waals surface area contributed by atoms with Crippen LogP contribution in [0.15, 0.2) is 52.5 Å². The van der Waals surface area contributed by atoms with E-state index >= 15 is 0 Å². The molecule has 0 bridgehead atoms. The van der Waals surface area contributed by atoms with Crippen LogP contribution in [-0.2, 0) is 30.6 Å². The van der Waals surface area contributed by atoms with Gasteiger partial charge in [-0.05, 0) is 61.4 Å². The van der Waals surface area contributed by atoms with Gasteiger partial charge in [-0.2, -0.15) is 4.98 Å².